The largest absolute Gasteiger partial charge is 0.481 e. The van der Waals surface area contributed by atoms with Crippen LogP contribution >= 0.6 is 11.3 Å². The second-order valence-corrected chi connectivity index (χ2v) is 5.16. The molecule has 92 valence electrons. The fourth-order valence-corrected chi connectivity index (χ4v) is 2.65. The summed E-state index contributed by atoms with van der Waals surface area (Å²) in [6, 6.07) is 12.7. The van der Waals surface area contributed by atoms with Crippen molar-refractivity contribution < 1.29 is 14.7 Å². The Balaban J connectivity index is 2.04. The molecule has 0 aliphatic heterocycles. The van der Waals surface area contributed by atoms with Gasteiger partial charge >= 0.3 is 5.97 Å². The van der Waals surface area contributed by atoms with Crippen molar-refractivity contribution in [3.63, 3.8) is 0 Å². The molecule has 2 rings (SSSR count). The number of aliphatic carboxylic acids is 1. The topological polar surface area (TPSA) is 54.4 Å². The van der Waals surface area contributed by atoms with Crippen LogP contribution in [0.25, 0.3) is 0 Å². The lowest BCUT2D eigenvalue weighted by atomic mass is 10.1. The molecule has 1 aromatic heterocycles. The van der Waals surface area contributed by atoms with Crippen LogP contribution in [0, 0.1) is 0 Å². The molecule has 1 N–H and O–H groups in total. The van der Waals surface area contributed by atoms with Gasteiger partial charge in [-0.1, -0.05) is 30.3 Å². The Kier molecular flexibility index (Phi) is 3.89. The van der Waals surface area contributed by atoms with Gasteiger partial charge in [0.1, 0.15) is 0 Å². The minimum absolute atomic E-state index is 0.0180. The van der Waals surface area contributed by atoms with E-state index in [0.29, 0.717) is 12.0 Å². The van der Waals surface area contributed by atoms with Crippen LogP contribution in [0.15, 0.2) is 42.5 Å². The summed E-state index contributed by atoms with van der Waals surface area (Å²) >= 11 is 1.38. The molecule has 1 aromatic carbocycles. The van der Waals surface area contributed by atoms with Gasteiger partial charge in [-0.15, -0.1) is 11.3 Å². The first-order chi connectivity index (χ1) is 8.65. The number of carboxylic acids is 1. The summed E-state index contributed by atoms with van der Waals surface area (Å²) in [7, 11) is 0. The summed E-state index contributed by atoms with van der Waals surface area (Å²) in [6.45, 7) is 0. The molecule has 4 heteroatoms. The first-order valence-electron chi connectivity index (χ1n) is 5.53. The molecule has 1 heterocycles. The van der Waals surface area contributed by atoms with Gasteiger partial charge in [0.15, 0.2) is 5.78 Å². The van der Waals surface area contributed by atoms with Gasteiger partial charge in [0, 0.05) is 21.7 Å². The van der Waals surface area contributed by atoms with Crippen LogP contribution in [0.5, 0.6) is 0 Å². The molecule has 0 fully saturated rings. The zero-order valence-electron chi connectivity index (χ0n) is 9.63. The van der Waals surface area contributed by atoms with Crippen LogP contribution in [0.1, 0.15) is 20.1 Å². The SMILES string of the molecule is O=C(O)Cc1ccc(CC(=O)c2ccccc2)s1. The summed E-state index contributed by atoms with van der Waals surface area (Å²) in [5.74, 6) is -0.794. The molecule has 3 nitrogen and oxygen atoms in total. The fraction of sp³-hybridized carbons (Fsp3) is 0.143. The van der Waals surface area contributed by atoms with Gasteiger partial charge in [0.2, 0.25) is 0 Å². The van der Waals surface area contributed by atoms with Gasteiger partial charge in [0.25, 0.3) is 0 Å². The van der Waals surface area contributed by atoms with Gasteiger partial charge < -0.3 is 5.11 Å². The second kappa shape index (κ2) is 5.60. The minimum atomic E-state index is -0.849. The van der Waals surface area contributed by atoms with Crippen molar-refractivity contribution >= 4 is 23.1 Å². The molecule has 0 bridgehead atoms. The van der Waals surface area contributed by atoms with Gasteiger partial charge in [0.05, 0.1) is 6.42 Å². The summed E-state index contributed by atoms with van der Waals surface area (Å²) < 4.78 is 0. The van der Waals surface area contributed by atoms with E-state index in [0.717, 1.165) is 9.75 Å². The van der Waals surface area contributed by atoms with E-state index in [9.17, 15) is 9.59 Å². The van der Waals surface area contributed by atoms with Gasteiger partial charge in [-0.05, 0) is 12.1 Å². The Labute approximate surface area is 109 Å². The van der Waals surface area contributed by atoms with Crippen molar-refractivity contribution in [1.29, 1.82) is 0 Å². The maximum absolute atomic E-state index is 11.9. The number of hydrogen-bond acceptors (Lipinski definition) is 3. The zero-order valence-corrected chi connectivity index (χ0v) is 10.4. The standard InChI is InChI=1S/C14H12O3S/c15-13(10-4-2-1-3-5-10)8-11-6-7-12(18-11)9-14(16)17/h1-7H,8-9H2,(H,16,17). The normalized spacial score (nSPS) is 10.2. The molecule has 0 unspecified atom stereocenters. The number of thiophene rings is 1. The number of Topliss-reactive ketones (excluding diaryl/α,β-unsaturated/α-hetero) is 1. The highest BCUT2D eigenvalue weighted by atomic mass is 32.1. The van der Waals surface area contributed by atoms with Crippen molar-refractivity contribution in [2.24, 2.45) is 0 Å². The van der Waals surface area contributed by atoms with E-state index in [4.69, 9.17) is 5.11 Å². The average Bonchev–Trinajstić information content (AvgIpc) is 2.76. The summed E-state index contributed by atoms with van der Waals surface area (Å²) in [4.78, 5) is 24.2. The number of rotatable bonds is 5. The van der Waals surface area contributed by atoms with Crippen molar-refractivity contribution in [1.82, 2.24) is 0 Å². The number of carbonyl (C=O) groups is 2. The Hall–Kier alpha value is -1.94. The molecule has 0 atom stereocenters. The predicted octanol–water partition coefficient (Wildman–Crippen LogP) is 2.80. The van der Waals surface area contributed by atoms with E-state index in [1.807, 2.05) is 24.3 Å². The molecule has 18 heavy (non-hydrogen) atoms. The summed E-state index contributed by atoms with van der Waals surface area (Å²) in [5.41, 5.74) is 0.686. The molecule has 2 aromatic rings. The number of hydrogen-bond donors (Lipinski definition) is 1. The van der Waals surface area contributed by atoms with Crippen LogP contribution in [0.3, 0.4) is 0 Å². The molecule has 0 aliphatic carbocycles. The van der Waals surface area contributed by atoms with Gasteiger partial charge in [-0.25, -0.2) is 0 Å². The first-order valence-corrected chi connectivity index (χ1v) is 6.34. The smallest absolute Gasteiger partial charge is 0.308 e. The van der Waals surface area contributed by atoms with Crippen LogP contribution < -0.4 is 0 Å². The lowest BCUT2D eigenvalue weighted by Crippen LogP contribution is -2.01. The number of carboxylic acid groups (broad SMARTS) is 1. The molecular weight excluding hydrogens is 248 g/mol. The third-order valence-electron chi connectivity index (χ3n) is 2.47. The zero-order chi connectivity index (χ0) is 13.0. The maximum Gasteiger partial charge on any atom is 0.308 e. The van der Waals surface area contributed by atoms with Crippen molar-refractivity contribution in [3.05, 3.63) is 57.8 Å². The van der Waals surface area contributed by atoms with Gasteiger partial charge in [-0.2, -0.15) is 0 Å². The molecular formula is C14H12O3S. The minimum Gasteiger partial charge on any atom is -0.481 e. The Morgan fingerprint density at radius 1 is 0.944 bits per heavy atom. The molecule has 0 radical (unpaired) electrons. The number of benzene rings is 1. The Bertz CT molecular complexity index is 557. The highest BCUT2D eigenvalue weighted by Crippen LogP contribution is 2.19. The molecule has 0 aliphatic rings. The van der Waals surface area contributed by atoms with Crippen molar-refractivity contribution in [3.8, 4) is 0 Å². The molecule has 0 spiro atoms. The quantitative estimate of drug-likeness (QED) is 0.841. The van der Waals surface area contributed by atoms with Crippen LogP contribution in [-0.2, 0) is 17.6 Å². The van der Waals surface area contributed by atoms with Crippen LogP contribution in [0.2, 0.25) is 0 Å². The van der Waals surface area contributed by atoms with Crippen LogP contribution in [-0.4, -0.2) is 16.9 Å². The highest BCUT2D eigenvalue weighted by molar-refractivity contribution is 7.12. The lowest BCUT2D eigenvalue weighted by Gasteiger charge is -1.98. The van der Waals surface area contributed by atoms with Crippen molar-refractivity contribution in [2.75, 3.05) is 0 Å². The third kappa shape index (κ3) is 3.28. The van der Waals surface area contributed by atoms with E-state index in [1.54, 1.807) is 18.2 Å². The van der Waals surface area contributed by atoms with Gasteiger partial charge in [-0.3, -0.25) is 9.59 Å². The predicted molar refractivity (Wildman–Crippen MR) is 70.1 cm³/mol. The Morgan fingerprint density at radius 3 is 2.17 bits per heavy atom. The van der Waals surface area contributed by atoms with Crippen molar-refractivity contribution in [2.45, 2.75) is 12.8 Å². The number of carbonyl (C=O) groups excluding carboxylic acids is 1. The van der Waals surface area contributed by atoms with Crippen LogP contribution in [0.4, 0.5) is 0 Å². The fourth-order valence-electron chi connectivity index (χ4n) is 1.65. The highest BCUT2D eigenvalue weighted by Gasteiger charge is 2.09. The summed E-state index contributed by atoms with van der Waals surface area (Å²) in [5, 5.41) is 8.68. The molecule has 0 amide bonds. The van der Waals surface area contributed by atoms with E-state index in [2.05, 4.69) is 0 Å². The van der Waals surface area contributed by atoms with E-state index in [-0.39, 0.29) is 12.2 Å². The summed E-state index contributed by atoms with van der Waals surface area (Å²) in [6.07, 6.45) is 0.346. The number of ketones is 1. The van der Waals surface area contributed by atoms with E-state index >= 15 is 0 Å². The monoisotopic (exact) mass is 260 g/mol. The molecule has 0 saturated heterocycles. The average molecular weight is 260 g/mol. The van der Waals surface area contributed by atoms with E-state index < -0.39 is 5.97 Å². The second-order valence-electron chi connectivity index (χ2n) is 3.90. The maximum atomic E-state index is 11.9. The third-order valence-corrected chi connectivity index (χ3v) is 3.56. The van der Waals surface area contributed by atoms with E-state index in [1.165, 1.54) is 11.3 Å². The lowest BCUT2D eigenvalue weighted by molar-refractivity contribution is -0.136. The first kappa shape index (κ1) is 12.5. The Morgan fingerprint density at radius 2 is 1.56 bits per heavy atom. The molecule has 0 saturated carbocycles.